The average Bonchev–Trinajstić information content (AvgIpc) is 3.00. The van der Waals surface area contributed by atoms with Crippen LogP contribution in [0.3, 0.4) is 0 Å². The Hall–Kier alpha value is -2.77. The fourth-order valence-electron chi connectivity index (χ4n) is 3.22. The van der Waals surface area contributed by atoms with Crippen molar-refractivity contribution in [3.05, 3.63) is 18.2 Å². The second-order valence-corrected chi connectivity index (χ2v) is 6.69. The molecule has 8 nitrogen and oxygen atoms in total. The first-order valence-corrected chi connectivity index (χ1v) is 8.59. The van der Waals surface area contributed by atoms with E-state index in [-0.39, 0.29) is 37.4 Å². The highest BCUT2D eigenvalue weighted by atomic mass is 16.6. The Labute approximate surface area is 151 Å². The Balaban J connectivity index is 1.76. The van der Waals surface area contributed by atoms with Crippen molar-refractivity contribution in [1.82, 2.24) is 4.90 Å². The molecule has 2 amide bonds. The first-order valence-electron chi connectivity index (χ1n) is 8.59. The zero-order valence-corrected chi connectivity index (χ0v) is 14.8. The van der Waals surface area contributed by atoms with Crippen LogP contribution in [0.2, 0.25) is 0 Å². The van der Waals surface area contributed by atoms with Gasteiger partial charge in [-0.1, -0.05) is 0 Å². The van der Waals surface area contributed by atoms with Gasteiger partial charge in [-0.25, -0.2) is 0 Å². The van der Waals surface area contributed by atoms with Gasteiger partial charge in [0.05, 0.1) is 5.92 Å². The Bertz CT molecular complexity index is 732. The molecule has 0 radical (unpaired) electrons. The lowest BCUT2D eigenvalue weighted by molar-refractivity contribution is -0.147. The fraction of sp³-hybridized carbons (Fsp3) is 0.500. The monoisotopic (exact) mass is 362 g/mol. The van der Waals surface area contributed by atoms with Crippen LogP contribution in [0.25, 0.3) is 0 Å². The van der Waals surface area contributed by atoms with Gasteiger partial charge in [0, 0.05) is 30.8 Å². The molecule has 0 spiro atoms. The van der Waals surface area contributed by atoms with Crippen molar-refractivity contribution in [2.45, 2.75) is 26.3 Å². The van der Waals surface area contributed by atoms with Crippen LogP contribution in [-0.4, -0.2) is 60.1 Å². The smallest absolute Gasteiger partial charge is 0.323 e. The standard InChI is InChI=1S/C18H22N2O6/c1-11(2)19(10-17(22)23)18(24)12-7-16(21)20(9-12)13-3-4-14-15(8-13)26-6-5-25-14/h3-4,8,11-12H,5-7,9-10H2,1-2H3,(H,22,23). The molecule has 0 aliphatic carbocycles. The summed E-state index contributed by atoms with van der Waals surface area (Å²) < 4.78 is 11.0. The lowest BCUT2D eigenvalue weighted by Gasteiger charge is -2.27. The Morgan fingerprint density at radius 1 is 1.27 bits per heavy atom. The molecule has 1 aromatic rings. The molecule has 8 heteroatoms. The van der Waals surface area contributed by atoms with Gasteiger partial charge in [-0.15, -0.1) is 0 Å². The zero-order valence-electron chi connectivity index (χ0n) is 14.8. The van der Waals surface area contributed by atoms with Crippen molar-refractivity contribution in [1.29, 1.82) is 0 Å². The number of ether oxygens (including phenoxy) is 2. The summed E-state index contributed by atoms with van der Waals surface area (Å²) in [6.45, 7) is 4.31. The second-order valence-electron chi connectivity index (χ2n) is 6.69. The summed E-state index contributed by atoms with van der Waals surface area (Å²) >= 11 is 0. The zero-order chi connectivity index (χ0) is 18.8. The van der Waals surface area contributed by atoms with Gasteiger partial charge >= 0.3 is 5.97 Å². The number of hydrogen-bond acceptors (Lipinski definition) is 5. The minimum Gasteiger partial charge on any atom is -0.486 e. The van der Waals surface area contributed by atoms with Crippen molar-refractivity contribution >= 4 is 23.5 Å². The number of rotatable bonds is 5. The van der Waals surface area contributed by atoms with Crippen LogP contribution in [0.15, 0.2) is 18.2 Å². The van der Waals surface area contributed by atoms with Gasteiger partial charge in [-0.2, -0.15) is 0 Å². The highest BCUT2D eigenvalue weighted by molar-refractivity contribution is 6.01. The molecule has 0 bridgehead atoms. The van der Waals surface area contributed by atoms with E-state index in [4.69, 9.17) is 14.6 Å². The van der Waals surface area contributed by atoms with Crippen molar-refractivity contribution in [3.8, 4) is 11.5 Å². The van der Waals surface area contributed by atoms with Crippen LogP contribution in [-0.2, 0) is 14.4 Å². The van der Waals surface area contributed by atoms with Crippen LogP contribution >= 0.6 is 0 Å². The maximum Gasteiger partial charge on any atom is 0.323 e. The summed E-state index contributed by atoms with van der Waals surface area (Å²) in [4.78, 5) is 39.0. The second kappa shape index (κ2) is 7.23. The molecule has 2 aliphatic rings. The van der Waals surface area contributed by atoms with Gasteiger partial charge in [0.2, 0.25) is 11.8 Å². The predicted molar refractivity (Wildman–Crippen MR) is 92.4 cm³/mol. The third kappa shape index (κ3) is 3.58. The minimum atomic E-state index is -1.07. The molecule has 1 aromatic carbocycles. The van der Waals surface area contributed by atoms with Crippen LogP contribution in [0.5, 0.6) is 11.5 Å². The maximum atomic E-state index is 12.7. The van der Waals surface area contributed by atoms with Gasteiger partial charge in [-0.05, 0) is 26.0 Å². The summed E-state index contributed by atoms with van der Waals surface area (Å²) in [6.07, 6.45) is 0.0656. The predicted octanol–water partition coefficient (Wildman–Crippen LogP) is 1.13. The van der Waals surface area contributed by atoms with E-state index in [2.05, 4.69) is 0 Å². The first kappa shape index (κ1) is 18.0. The molecular weight excluding hydrogens is 340 g/mol. The fourth-order valence-corrected chi connectivity index (χ4v) is 3.22. The number of hydrogen-bond donors (Lipinski definition) is 1. The number of carboxylic acid groups (broad SMARTS) is 1. The molecule has 1 atom stereocenters. The van der Waals surface area contributed by atoms with E-state index < -0.39 is 11.9 Å². The third-order valence-electron chi connectivity index (χ3n) is 4.52. The number of carbonyl (C=O) groups excluding carboxylic acids is 2. The molecule has 1 fully saturated rings. The van der Waals surface area contributed by atoms with Gasteiger partial charge in [0.15, 0.2) is 11.5 Å². The number of anilines is 1. The van der Waals surface area contributed by atoms with Crippen LogP contribution in [0.4, 0.5) is 5.69 Å². The van der Waals surface area contributed by atoms with E-state index >= 15 is 0 Å². The first-order chi connectivity index (χ1) is 12.4. The molecular formula is C18H22N2O6. The SMILES string of the molecule is CC(C)N(CC(=O)O)C(=O)C1CC(=O)N(c2ccc3c(c2)OCCO3)C1. The van der Waals surface area contributed by atoms with Crippen molar-refractivity contribution in [2.24, 2.45) is 5.92 Å². The molecule has 1 saturated heterocycles. The summed E-state index contributed by atoms with van der Waals surface area (Å²) in [5.74, 6) is -0.898. The van der Waals surface area contributed by atoms with Crippen molar-refractivity contribution < 1.29 is 29.0 Å². The third-order valence-corrected chi connectivity index (χ3v) is 4.52. The summed E-state index contributed by atoms with van der Waals surface area (Å²) in [5, 5.41) is 9.02. The minimum absolute atomic E-state index is 0.0656. The largest absolute Gasteiger partial charge is 0.486 e. The molecule has 140 valence electrons. The quantitative estimate of drug-likeness (QED) is 0.844. The molecule has 1 unspecified atom stereocenters. The van der Waals surface area contributed by atoms with Crippen molar-refractivity contribution in [2.75, 3.05) is 31.2 Å². The van der Waals surface area contributed by atoms with E-state index in [1.807, 2.05) is 0 Å². The van der Waals surface area contributed by atoms with E-state index in [1.54, 1.807) is 36.9 Å². The molecule has 2 heterocycles. The Kier molecular flexibility index (Phi) is 5.01. The summed E-state index contributed by atoms with van der Waals surface area (Å²) in [7, 11) is 0. The molecule has 26 heavy (non-hydrogen) atoms. The lowest BCUT2D eigenvalue weighted by atomic mass is 10.1. The van der Waals surface area contributed by atoms with Crippen LogP contribution < -0.4 is 14.4 Å². The number of carboxylic acids is 1. The van der Waals surface area contributed by atoms with Gasteiger partial charge < -0.3 is 24.4 Å². The maximum absolute atomic E-state index is 12.7. The molecule has 3 rings (SSSR count). The normalized spacial score (nSPS) is 19.0. The van der Waals surface area contributed by atoms with E-state index in [0.717, 1.165) is 0 Å². The Morgan fingerprint density at radius 2 is 1.96 bits per heavy atom. The number of benzene rings is 1. The highest BCUT2D eigenvalue weighted by Gasteiger charge is 2.38. The van der Waals surface area contributed by atoms with E-state index in [9.17, 15) is 14.4 Å². The van der Waals surface area contributed by atoms with Gasteiger partial charge in [0.1, 0.15) is 19.8 Å². The molecule has 2 aliphatic heterocycles. The molecule has 0 aromatic heterocycles. The lowest BCUT2D eigenvalue weighted by Crippen LogP contribution is -2.44. The number of amides is 2. The van der Waals surface area contributed by atoms with Gasteiger partial charge in [-0.3, -0.25) is 14.4 Å². The van der Waals surface area contributed by atoms with Gasteiger partial charge in [0.25, 0.3) is 0 Å². The van der Waals surface area contributed by atoms with Crippen LogP contribution in [0.1, 0.15) is 20.3 Å². The number of fused-ring (bicyclic) bond motifs is 1. The average molecular weight is 362 g/mol. The van der Waals surface area contributed by atoms with Crippen molar-refractivity contribution in [3.63, 3.8) is 0 Å². The Morgan fingerprint density at radius 3 is 2.62 bits per heavy atom. The van der Waals surface area contributed by atoms with E-state index in [0.29, 0.717) is 30.4 Å². The summed E-state index contributed by atoms with van der Waals surface area (Å²) in [5.41, 5.74) is 0.642. The number of aliphatic carboxylic acids is 1. The summed E-state index contributed by atoms with van der Waals surface area (Å²) in [6, 6.07) is 4.99. The number of carbonyl (C=O) groups is 3. The topological polar surface area (TPSA) is 96.4 Å². The highest BCUT2D eigenvalue weighted by Crippen LogP contribution is 2.36. The molecule has 1 N–H and O–H groups in total. The van der Waals surface area contributed by atoms with Crippen LogP contribution in [0, 0.1) is 5.92 Å². The molecule has 0 saturated carbocycles. The number of nitrogens with zero attached hydrogens (tertiary/aromatic N) is 2. The van der Waals surface area contributed by atoms with E-state index in [1.165, 1.54) is 4.90 Å².